The fraction of sp³-hybridized carbons (Fsp3) is 0.211. The molecule has 0 saturated heterocycles. The number of aromatic nitrogens is 3. The third kappa shape index (κ3) is 4.59. The zero-order valence-corrected chi connectivity index (χ0v) is 16.1. The second-order valence-corrected chi connectivity index (χ2v) is 7.10. The van der Waals surface area contributed by atoms with Gasteiger partial charge in [-0.2, -0.15) is 5.10 Å². The van der Waals surface area contributed by atoms with Gasteiger partial charge < -0.3 is 5.32 Å². The van der Waals surface area contributed by atoms with Gasteiger partial charge in [-0.25, -0.2) is 9.67 Å². The molecule has 1 aromatic carbocycles. The van der Waals surface area contributed by atoms with Gasteiger partial charge in [-0.3, -0.25) is 4.79 Å². The van der Waals surface area contributed by atoms with Crippen LogP contribution in [-0.4, -0.2) is 27.2 Å². The van der Waals surface area contributed by atoms with Gasteiger partial charge in [0.15, 0.2) is 0 Å². The molecule has 1 amide bonds. The van der Waals surface area contributed by atoms with E-state index in [0.717, 1.165) is 27.8 Å². The maximum Gasteiger partial charge on any atom is 0.244 e. The normalized spacial score (nSPS) is 11.2. The van der Waals surface area contributed by atoms with Crippen molar-refractivity contribution in [2.24, 2.45) is 0 Å². The van der Waals surface area contributed by atoms with Crippen LogP contribution in [0.2, 0.25) is 5.02 Å². The molecule has 3 rings (SSSR count). The van der Waals surface area contributed by atoms with E-state index in [1.165, 1.54) is 6.08 Å². The molecule has 2 aromatic heterocycles. The molecule has 134 valence electrons. The molecule has 0 radical (unpaired) electrons. The van der Waals surface area contributed by atoms with Crippen LogP contribution < -0.4 is 5.32 Å². The highest BCUT2D eigenvalue weighted by atomic mass is 35.5. The minimum atomic E-state index is -0.154. The number of carbonyl (C=O) groups is 1. The smallest absolute Gasteiger partial charge is 0.244 e. The van der Waals surface area contributed by atoms with E-state index in [2.05, 4.69) is 15.4 Å². The number of hydrogen-bond acceptors (Lipinski definition) is 4. The maximum absolute atomic E-state index is 11.9. The Balaban J connectivity index is 1.51. The van der Waals surface area contributed by atoms with Gasteiger partial charge in [0, 0.05) is 35.1 Å². The Hall–Kier alpha value is -2.44. The Morgan fingerprint density at radius 2 is 2.15 bits per heavy atom. The Kier molecular flexibility index (Phi) is 5.85. The maximum atomic E-state index is 11.9. The summed E-state index contributed by atoms with van der Waals surface area (Å²) in [7, 11) is 0. The molecule has 0 atom stereocenters. The molecule has 0 spiro atoms. The number of nitrogens with one attached hydrogen (secondary N) is 1. The van der Waals surface area contributed by atoms with Crippen molar-refractivity contribution < 1.29 is 4.79 Å². The lowest BCUT2D eigenvalue weighted by molar-refractivity contribution is -0.116. The first-order valence-electron chi connectivity index (χ1n) is 8.21. The van der Waals surface area contributed by atoms with Crippen LogP contribution >= 0.6 is 22.9 Å². The number of benzene rings is 1. The number of rotatable bonds is 6. The molecular formula is C19H19ClN4OS. The lowest BCUT2D eigenvalue weighted by atomic mass is 10.2. The third-order valence-corrected chi connectivity index (χ3v) is 4.94. The van der Waals surface area contributed by atoms with Gasteiger partial charge in [0.2, 0.25) is 11.0 Å². The standard InChI is InChI=1S/C19H19ClN4OS/c1-13-11-14(2)24(23-13)19-22-16(12-26-19)9-10-21-18(25)8-7-15-5-3-4-6-17(15)20/h3-8,11-12H,9-10H2,1-2H3,(H,21,25). The predicted octanol–water partition coefficient (Wildman–Crippen LogP) is 3.97. The third-order valence-electron chi connectivity index (χ3n) is 3.73. The van der Waals surface area contributed by atoms with Crippen molar-refractivity contribution in [2.45, 2.75) is 20.3 Å². The SMILES string of the molecule is Cc1cc(C)n(-c2nc(CCNC(=O)C=Cc3ccccc3Cl)cs2)n1. The average Bonchev–Trinajstić information content (AvgIpc) is 3.20. The number of thiazole rings is 1. The summed E-state index contributed by atoms with van der Waals surface area (Å²) in [6, 6.07) is 9.41. The van der Waals surface area contributed by atoms with Crippen molar-refractivity contribution >= 4 is 34.9 Å². The van der Waals surface area contributed by atoms with Crippen LogP contribution in [0, 0.1) is 13.8 Å². The van der Waals surface area contributed by atoms with E-state index >= 15 is 0 Å². The first kappa shape index (κ1) is 18.4. The van der Waals surface area contributed by atoms with Crippen LogP contribution in [0.4, 0.5) is 0 Å². The lowest BCUT2D eigenvalue weighted by Gasteiger charge is -2.01. The summed E-state index contributed by atoms with van der Waals surface area (Å²) in [5.74, 6) is -0.154. The highest BCUT2D eigenvalue weighted by Gasteiger charge is 2.08. The molecule has 7 heteroatoms. The molecule has 3 aromatic rings. The van der Waals surface area contributed by atoms with E-state index in [1.54, 1.807) is 23.5 Å². The number of hydrogen-bond donors (Lipinski definition) is 1. The molecule has 0 bridgehead atoms. The number of amides is 1. The Bertz CT molecular complexity index is 945. The van der Waals surface area contributed by atoms with E-state index < -0.39 is 0 Å². The summed E-state index contributed by atoms with van der Waals surface area (Å²) in [6.45, 7) is 4.49. The van der Waals surface area contributed by atoms with Crippen molar-refractivity contribution in [1.29, 1.82) is 0 Å². The summed E-state index contributed by atoms with van der Waals surface area (Å²) >= 11 is 7.61. The van der Waals surface area contributed by atoms with Crippen molar-refractivity contribution in [3.63, 3.8) is 0 Å². The van der Waals surface area contributed by atoms with Crippen LogP contribution in [0.3, 0.4) is 0 Å². The molecule has 0 fully saturated rings. The number of halogens is 1. The molecule has 0 unspecified atom stereocenters. The molecule has 0 aliphatic rings. The van der Waals surface area contributed by atoms with Crippen LogP contribution in [0.15, 0.2) is 41.8 Å². The first-order valence-corrected chi connectivity index (χ1v) is 9.47. The van der Waals surface area contributed by atoms with Gasteiger partial charge in [-0.05, 0) is 37.6 Å². The minimum Gasteiger partial charge on any atom is -0.352 e. The van der Waals surface area contributed by atoms with Gasteiger partial charge in [-0.1, -0.05) is 29.8 Å². The second-order valence-electron chi connectivity index (χ2n) is 5.86. The molecule has 2 heterocycles. The van der Waals surface area contributed by atoms with Crippen molar-refractivity contribution in [3.8, 4) is 5.13 Å². The molecule has 5 nitrogen and oxygen atoms in total. The Labute approximate surface area is 161 Å². The van der Waals surface area contributed by atoms with Gasteiger partial charge in [0.05, 0.1) is 11.4 Å². The quantitative estimate of drug-likeness (QED) is 0.652. The number of carbonyl (C=O) groups excluding carboxylic acids is 1. The van der Waals surface area contributed by atoms with Crippen molar-refractivity contribution in [1.82, 2.24) is 20.1 Å². The predicted molar refractivity (Wildman–Crippen MR) is 106 cm³/mol. The second kappa shape index (κ2) is 8.29. The van der Waals surface area contributed by atoms with Crippen molar-refractivity contribution in [2.75, 3.05) is 6.54 Å². The average molecular weight is 387 g/mol. The minimum absolute atomic E-state index is 0.154. The summed E-state index contributed by atoms with van der Waals surface area (Å²) in [5, 5.41) is 10.8. The fourth-order valence-corrected chi connectivity index (χ4v) is 3.54. The number of nitrogens with zero attached hydrogens (tertiary/aromatic N) is 3. The fourth-order valence-electron chi connectivity index (χ4n) is 2.48. The van der Waals surface area contributed by atoms with Gasteiger partial charge >= 0.3 is 0 Å². The van der Waals surface area contributed by atoms with Gasteiger partial charge in [0.25, 0.3) is 0 Å². The van der Waals surface area contributed by atoms with E-state index in [0.29, 0.717) is 18.0 Å². The molecule has 26 heavy (non-hydrogen) atoms. The highest BCUT2D eigenvalue weighted by Crippen LogP contribution is 2.17. The summed E-state index contributed by atoms with van der Waals surface area (Å²) in [4.78, 5) is 16.5. The van der Waals surface area contributed by atoms with Crippen LogP contribution in [0.5, 0.6) is 0 Å². The monoisotopic (exact) mass is 386 g/mol. The zero-order chi connectivity index (χ0) is 18.5. The Morgan fingerprint density at radius 1 is 1.35 bits per heavy atom. The van der Waals surface area contributed by atoms with Crippen molar-refractivity contribution in [3.05, 3.63) is 69.5 Å². The largest absolute Gasteiger partial charge is 0.352 e. The van der Waals surface area contributed by atoms with E-state index in [-0.39, 0.29) is 5.91 Å². The Morgan fingerprint density at radius 3 is 2.88 bits per heavy atom. The zero-order valence-electron chi connectivity index (χ0n) is 14.6. The molecule has 0 aliphatic carbocycles. The molecular weight excluding hydrogens is 368 g/mol. The molecule has 1 N–H and O–H groups in total. The first-order chi connectivity index (χ1) is 12.5. The van der Waals surface area contributed by atoms with E-state index in [1.807, 2.05) is 48.2 Å². The molecule has 0 aliphatic heterocycles. The summed E-state index contributed by atoms with van der Waals surface area (Å²) in [5.41, 5.74) is 3.78. The van der Waals surface area contributed by atoms with Gasteiger partial charge in [0.1, 0.15) is 0 Å². The van der Waals surface area contributed by atoms with E-state index in [9.17, 15) is 4.79 Å². The van der Waals surface area contributed by atoms with Gasteiger partial charge in [-0.15, -0.1) is 11.3 Å². The lowest BCUT2D eigenvalue weighted by Crippen LogP contribution is -2.23. The number of aryl methyl sites for hydroxylation is 2. The highest BCUT2D eigenvalue weighted by molar-refractivity contribution is 7.12. The van der Waals surface area contributed by atoms with Crippen LogP contribution in [0.25, 0.3) is 11.2 Å². The van der Waals surface area contributed by atoms with E-state index in [4.69, 9.17) is 11.6 Å². The summed E-state index contributed by atoms with van der Waals surface area (Å²) < 4.78 is 1.84. The van der Waals surface area contributed by atoms with Crippen LogP contribution in [0.1, 0.15) is 22.6 Å². The summed E-state index contributed by atoms with van der Waals surface area (Å²) in [6.07, 6.45) is 3.87. The molecule has 0 saturated carbocycles. The van der Waals surface area contributed by atoms with Crippen LogP contribution in [-0.2, 0) is 11.2 Å². The topological polar surface area (TPSA) is 59.8 Å².